The molecule has 15 heavy (non-hydrogen) atoms. The van der Waals surface area contributed by atoms with Gasteiger partial charge in [-0.25, -0.2) is 9.97 Å². The van der Waals surface area contributed by atoms with Crippen molar-refractivity contribution in [1.29, 1.82) is 0 Å². The van der Waals surface area contributed by atoms with E-state index in [2.05, 4.69) is 16.5 Å². The normalized spacial score (nSPS) is 10.4. The predicted octanol–water partition coefficient (Wildman–Crippen LogP) is 1.52. The van der Waals surface area contributed by atoms with Crippen LogP contribution in [-0.2, 0) is 6.42 Å². The van der Waals surface area contributed by atoms with E-state index >= 15 is 0 Å². The third-order valence-electron chi connectivity index (χ3n) is 2.20. The SMILES string of the molecule is C=CCc1cccc2nc(N)c(N)nc12. The fourth-order valence-electron chi connectivity index (χ4n) is 1.48. The fourth-order valence-corrected chi connectivity index (χ4v) is 1.48. The molecule has 0 spiro atoms. The molecule has 0 saturated carbocycles. The molecule has 0 unspecified atom stereocenters. The van der Waals surface area contributed by atoms with Gasteiger partial charge in [-0.05, 0) is 18.1 Å². The summed E-state index contributed by atoms with van der Waals surface area (Å²) in [4.78, 5) is 8.41. The Morgan fingerprint density at radius 1 is 1.20 bits per heavy atom. The van der Waals surface area contributed by atoms with E-state index in [4.69, 9.17) is 11.5 Å². The second-order valence-electron chi connectivity index (χ2n) is 3.27. The minimum atomic E-state index is 0.276. The van der Waals surface area contributed by atoms with Crippen molar-refractivity contribution in [2.45, 2.75) is 6.42 Å². The van der Waals surface area contributed by atoms with Gasteiger partial charge in [0.05, 0.1) is 11.0 Å². The van der Waals surface area contributed by atoms with Crippen LogP contribution in [0.2, 0.25) is 0 Å². The second kappa shape index (κ2) is 3.57. The molecule has 0 radical (unpaired) electrons. The van der Waals surface area contributed by atoms with Gasteiger partial charge in [-0.1, -0.05) is 18.2 Å². The fraction of sp³-hybridized carbons (Fsp3) is 0.0909. The Labute approximate surface area is 87.6 Å². The van der Waals surface area contributed by atoms with Crippen LogP contribution in [0, 0.1) is 0 Å². The van der Waals surface area contributed by atoms with Crippen molar-refractivity contribution in [3.8, 4) is 0 Å². The molecule has 4 nitrogen and oxygen atoms in total. The third kappa shape index (κ3) is 1.61. The molecule has 1 heterocycles. The number of anilines is 2. The molecule has 0 aliphatic heterocycles. The molecule has 0 atom stereocenters. The number of hydrogen-bond acceptors (Lipinski definition) is 4. The molecular formula is C11H12N4. The summed E-state index contributed by atoms with van der Waals surface area (Å²) in [6, 6.07) is 5.77. The van der Waals surface area contributed by atoms with Crippen molar-refractivity contribution in [2.75, 3.05) is 11.5 Å². The molecule has 0 bridgehead atoms. The van der Waals surface area contributed by atoms with Gasteiger partial charge in [0, 0.05) is 0 Å². The summed E-state index contributed by atoms with van der Waals surface area (Å²) in [5.41, 5.74) is 13.8. The highest BCUT2D eigenvalue weighted by Crippen LogP contribution is 2.19. The summed E-state index contributed by atoms with van der Waals surface area (Å²) in [5, 5.41) is 0. The van der Waals surface area contributed by atoms with Crippen LogP contribution in [0.25, 0.3) is 11.0 Å². The highest BCUT2D eigenvalue weighted by Gasteiger charge is 2.05. The molecule has 0 saturated heterocycles. The summed E-state index contributed by atoms with van der Waals surface area (Å²) < 4.78 is 0. The lowest BCUT2D eigenvalue weighted by atomic mass is 10.1. The van der Waals surface area contributed by atoms with Crippen LogP contribution < -0.4 is 11.5 Å². The number of nitrogens with zero attached hydrogens (tertiary/aromatic N) is 2. The van der Waals surface area contributed by atoms with Crippen molar-refractivity contribution in [1.82, 2.24) is 9.97 Å². The van der Waals surface area contributed by atoms with Crippen molar-refractivity contribution in [2.24, 2.45) is 0 Å². The number of fused-ring (bicyclic) bond motifs is 1. The van der Waals surface area contributed by atoms with Crippen molar-refractivity contribution in [3.05, 3.63) is 36.4 Å². The lowest BCUT2D eigenvalue weighted by molar-refractivity contribution is 1.24. The Morgan fingerprint density at radius 2 is 1.93 bits per heavy atom. The molecular weight excluding hydrogens is 188 g/mol. The van der Waals surface area contributed by atoms with Gasteiger partial charge in [-0.3, -0.25) is 0 Å². The van der Waals surface area contributed by atoms with E-state index in [1.54, 1.807) is 0 Å². The van der Waals surface area contributed by atoms with E-state index in [-0.39, 0.29) is 11.6 Å². The number of allylic oxidation sites excluding steroid dienone is 1. The van der Waals surface area contributed by atoms with Gasteiger partial charge in [0.15, 0.2) is 11.6 Å². The van der Waals surface area contributed by atoms with Crippen LogP contribution in [-0.4, -0.2) is 9.97 Å². The van der Waals surface area contributed by atoms with Gasteiger partial charge in [0.2, 0.25) is 0 Å². The number of para-hydroxylation sites is 1. The van der Waals surface area contributed by atoms with E-state index in [1.807, 2.05) is 24.3 Å². The van der Waals surface area contributed by atoms with Crippen LogP contribution >= 0.6 is 0 Å². The topological polar surface area (TPSA) is 77.8 Å². The Hall–Kier alpha value is -2.10. The minimum Gasteiger partial charge on any atom is -0.381 e. The lowest BCUT2D eigenvalue weighted by Gasteiger charge is -2.05. The van der Waals surface area contributed by atoms with Crippen LogP contribution in [0.5, 0.6) is 0 Å². The summed E-state index contributed by atoms with van der Waals surface area (Å²) in [7, 11) is 0. The van der Waals surface area contributed by atoms with E-state index in [9.17, 15) is 0 Å². The van der Waals surface area contributed by atoms with Crippen LogP contribution in [0.15, 0.2) is 30.9 Å². The smallest absolute Gasteiger partial charge is 0.166 e. The third-order valence-corrected chi connectivity index (χ3v) is 2.20. The molecule has 0 fully saturated rings. The molecule has 2 aromatic rings. The van der Waals surface area contributed by atoms with Gasteiger partial charge >= 0.3 is 0 Å². The Kier molecular flexibility index (Phi) is 2.25. The highest BCUT2D eigenvalue weighted by atomic mass is 15.0. The van der Waals surface area contributed by atoms with E-state index in [1.165, 1.54) is 0 Å². The monoisotopic (exact) mass is 200 g/mol. The Bertz CT molecular complexity index is 519. The number of hydrogen-bond donors (Lipinski definition) is 2. The quantitative estimate of drug-likeness (QED) is 0.720. The molecule has 4 N–H and O–H groups in total. The molecule has 2 rings (SSSR count). The number of aromatic nitrogens is 2. The van der Waals surface area contributed by atoms with Gasteiger partial charge < -0.3 is 11.5 Å². The second-order valence-corrected chi connectivity index (χ2v) is 3.27. The summed E-state index contributed by atoms with van der Waals surface area (Å²) in [6.07, 6.45) is 2.57. The first-order valence-electron chi connectivity index (χ1n) is 4.64. The summed E-state index contributed by atoms with van der Waals surface area (Å²) >= 11 is 0. The van der Waals surface area contributed by atoms with Gasteiger partial charge in [-0.15, -0.1) is 6.58 Å². The first kappa shape index (κ1) is 9.45. The Balaban J connectivity index is 2.73. The maximum absolute atomic E-state index is 5.63. The zero-order valence-electron chi connectivity index (χ0n) is 8.27. The van der Waals surface area contributed by atoms with Gasteiger partial charge in [0.25, 0.3) is 0 Å². The van der Waals surface area contributed by atoms with E-state index in [0.29, 0.717) is 0 Å². The minimum absolute atomic E-state index is 0.276. The average molecular weight is 200 g/mol. The van der Waals surface area contributed by atoms with Crippen LogP contribution in [0.4, 0.5) is 11.6 Å². The molecule has 0 aliphatic carbocycles. The zero-order valence-corrected chi connectivity index (χ0v) is 8.27. The zero-order chi connectivity index (χ0) is 10.8. The summed E-state index contributed by atoms with van der Waals surface area (Å²) in [6.45, 7) is 3.70. The van der Waals surface area contributed by atoms with Crippen molar-refractivity contribution < 1.29 is 0 Å². The Morgan fingerprint density at radius 3 is 2.67 bits per heavy atom. The first-order valence-corrected chi connectivity index (χ1v) is 4.64. The maximum Gasteiger partial charge on any atom is 0.166 e. The first-order chi connectivity index (χ1) is 7.22. The highest BCUT2D eigenvalue weighted by molar-refractivity contribution is 5.82. The average Bonchev–Trinajstić information content (AvgIpc) is 2.21. The molecule has 4 heteroatoms. The van der Waals surface area contributed by atoms with Gasteiger partial charge in [-0.2, -0.15) is 0 Å². The lowest BCUT2D eigenvalue weighted by Crippen LogP contribution is -2.02. The van der Waals surface area contributed by atoms with E-state index < -0.39 is 0 Å². The largest absolute Gasteiger partial charge is 0.381 e. The summed E-state index contributed by atoms with van der Waals surface area (Å²) in [5.74, 6) is 0.553. The molecule has 0 aliphatic rings. The number of benzene rings is 1. The van der Waals surface area contributed by atoms with Crippen LogP contribution in [0.1, 0.15) is 5.56 Å². The maximum atomic E-state index is 5.63. The molecule has 1 aromatic carbocycles. The predicted molar refractivity (Wildman–Crippen MR) is 62.3 cm³/mol. The molecule has 76 valence electrons. The van der Waals surface area contributed by atoms with Crippen molar-refractivity contribution in [3.63, 3.8) is 0 Å². The molecule has 1 aromatic heterocycles. The number of rotatable bonds is 2. The van der Waals surface area contributed by atoms with Gasteiger partial charge in [0.1, 0.15) is 0 Å². The standard InChI is InChI=1S/C11H12N4/c1-2-4-7-5-3-6-8-9(7)15-11(13)10(12)14-8/h2-3,5-6H,1,4H2,(H2,12,14)(H2,13,15). The molecule has 0 amide bonds. The van der Waals surface area contributed by atoms with E-state index in [0.717, 1.165) is 23.0 Å². The number of nitrogens with two attached hydrogens (primary N) is 2. The number of nitrogen functional groups attached to an aromatic ring is 2. The van der Waals surface area contributed by atoms with Crippen LogP contribution in [0.3, 0.4) is 0 Å². The van der Waals surface area contributed by atoms with Crippen molar-refractivity contribution >= 4 is 22.7 Å².